The smallest absolute Gasteiger partial charge is 0.331 e. The molecule has 0 aromatic carbocycles. The van der Waals surface area contributed by atoms with E-state index < -0.39 is 66.2 Å². The van der Waals surface area contributed by atoms with E-state index in [9.17, 15) is 43.8 Å². The maximum atomic E-state index is 12.8. The van der Waals surface area contributed by atoms with Gasteiger partial charge in [-0.3, -0.25) is 19.9 Å². The minimum Gasteiger partial charge on any atom is -0.460 e. The Hall–Kier alpha value is -9.79. The van der Waals surface area contributed by atoms with Crippen LogP contribution in [-0.2, 0) is 66.7 Å². The van der Waals surface area contributed by atoms with E-state index in [0.717, 1.165) is 80.0 Å². The first-order valence-electron chi connectivity index (χ1n) is 34.7. The maximum Gasteiger partial charge on any atom is 0.331 e. The van der Waals surface area contributed by atoms with Gasteiger partial charge in [-0.05, 0) is 254 Å². The van der Waals surface area contributed by atoms with E-state index in [-0.39, 0.29) is 66.0 Å². The number of carbonyl (C=O) groups excluding carboxylic acids is 7. The lowest BCUT2D eigenvalue weighted by atomic mass is 9.89. The van der Waals surface area contributed by atoms with Gasteiger partial charge in [-0.15, -0.1) is 0 Å². The molecular formula is C80H92N4O16. The van der Waals surface area contributed by atoms with Gasteiger partial charge < -0.3 is 43.4 Å². The number of hydrogen-bond acceptors (Lipinski definition) is 20. The van der Waals surface area contributed by atoms with Crippen molar-refractivity contribution in [2.24, 2.45) is 35.5 Å². The first-order valence-corrected chi connectivity index (χ1v) is 34.7. The van der Waals surface area contributed by atoms with E-state index in [1.165, 1.54) is 48.6 Å². The highest BCUT2D eigenvalue weighted by Crippen LogP contribution is 2.41. The topological polar surface area (TPSA) is 276 Å². The number of aliphatic hydroxyl groups is 2. The van der Waals surface area contributed by atoms with Crippen LogP contribution in [0.15, 0.2) is 195 Å². The van der Waals surface area contributed by atoms with E-state index >= 15 is 0 Å². The van der Waals surface area contributed by atoms with Crippen LogP contribution in [0.25, 0.3) is 24.3 Å². The second-order valence-corrected chi connectivity index (χ2v) is 25.8. The van der Waals surface area contributed by atoms with Gasteiger partial charge in [-0.2, -0.15) is 0 Å². The molecular weight excluding hydrogens is 1270 g/mol. The van der Waals surface area contributed by atoms with Crippen molar-refractivity contribution in [3.63, 3.8) is 0 Å². The Labute approximate surface area is 585 Å². The van der Waals surface area contributed by atoms with E-state index in [4.69, 9.17) is 33.2 Å². The van der Waals surface area contributed by atoms with E-state index in [1.807, 2.05) is 20.8 Å². The summed E-state index contributed by atoms with van der Waals surface area (Å²) in [6.07, 6.45) is 54.0. The fourth-order valence-corrected chi connectivity index (χ4v) is 13.0. The van der Waals surface area contributed by atoms with Crippen molar-refractivity contribution in [3.8, 4) is 0 Å². The third-order valence-electron chi connectivity index (χ3n) is 18.0. The summed E-state index contributed by atoms with van der Waals surface area (Å²) in [6, 6.07) is 14.3. The number of aromatic nitrogens is 4. The number of carbonyl (C=O) groups is 7. The summed E-state index contributed by atoms with van der Waals surface area (Å²) >= 11 is 0. The summed E-state index contributed by atoms with van der Waals surface area (Å²) in [4.78, 5) is 102. The highest BCUT2D eigenvalue weighted by Gasteiger charge is 2.42. The summed E-state index contributed by atoms with van der Waals surface area (Å²) in [7, 11) is 0. The van der Waals surface area contributed by atoms with Gasteiger partial charge >= 0.3 is 41.8 Å². The molecule has 3 fully saturated rings. The van der Waals surface area contributed by atoms with Crippen LogP contribution in [0, 0.1) is 35.5 Å². The number of pyridine rings is 4. The molecule has 3 aliphatic carbocycles. The molecule has 100 heavy (non-hydrogen) atoms. The number of cyclic esters (lactones) is 3. The van der Waals surface area contributed by atoms with Crippen molar-refractivity contribution < 1.29 is 76.9 Å². The Morgan fingerprint density at radius 3 is 1.08 bits per heavy atom. The molecule has 7 heterocycles. The number of aliphatic hydroxyl groups excluding tert-OH is 2. The Bertz CT molecular complexity index is 3580. The van der Waals surface area contributed by atoms with Crippen LogP contribution in [0.5, 0.6) is 0 Å². The molecule has 6 aliphatic rings. The average molecular weight is 1370 g/mol. The van der Waals surface area contributed by atoms with Gasteiger partial charge in [0.2, 0.25) is 0 Å². The van der Waals surface area contributed by atoms with Gasteiger partial charge in [0.15, 0.2) is 0 Å². The molecule has 528 valence electrons. The zero-order chi connectivity index (χ0) is 70.9. The van der Waals surface area contributed by atoms with Crippen LogP contribution >= 0.6 is 0 Å². The number of rotatable bonds is 12. The van der Waals surface area contributed by atoms with Gasteiger partial charge in [0.25, 0.3) is 0 Å². The first-order chi connectivity index (χ1) is 48.5. The molecule has 20 heteroatoms. The molecule has 15 atom stereocenters. The van der Waals surface area contributed by atoms with Crippen molar-refractivity contribution in [1.82, 2.24) is 19.9 Å². The molecule has 4 aromatic heterocycles. The van der Waals surface area contributed by atoms with E-state index in [0.29, 0.717) is 38.5 Å². The first kappa shape index (κ1) is 76.0. The SMILES string of the molecule is C[C@H]1CCC/C=C/[C@@H]2C[C@H](O)C[C@H]2[C@H](OC(=O)/C=C/c2ccncc2)/C=C/C(=O)O1.C[C@H]1CCC/C=C/[C@@H]2C[C@H](OC(=O)/C=C/c3ccncc3)C[C@H]2[C@H](O)/C=C/C(=O)O1.C[C@H]1CCC/C=C/[C@@H]2C[C@H](OC(=O)/C=C/c3ccncc3)C[C@H]2[C@H](OC(=O)/C=C/c2ccncc2)/C=C/C(=O)O1. The molecule has 0 radical (unpaired) electrons. The van der Waals surface area contributed by atoms with Crippen molar-refractivity contribution in [2.75, 3.05) is 0 Å². The summed E-state index contributed by atoms with van der Waals surface area (Å²) in [6.45, 7) is 5.62. The second kappa shape index (κ2) is 40.9. The maximum absolute atomic E-state index is 12.8. The molecule has 4 aromatic rings. The van der Waals surface area contributed by atoms with Gasteiger partial charge in [0.05, 0.1) is 30.5 Å². The molecule has 0 spiro atoms. The van der Waals surface area contributed by atoms with Gasteiger partial charge in [0, 0.05) is 104 Å². The van der Waals surface area contributed by atoms with E-state index in [2.05, 4.69) is 56.4 Å². The van der Waals surface area contributed by atoms with Gasteiger partial charge in [0.1, 0.15) is 24.4 Å². The number of ether oxygens (including phenoxy) is 7. The third-order valence-corrected chi connectivity index (χ3v) is 18.0. The van der Waals surface area contributed by atoms with Crippen molar-refractivity contribution in [2.45, 2.75) is 172 Å². The van der Waals surface area contributed by atoms with Crippen molar-refractivity contribution >= 4 is 66.1 Å². The Kier molecular flexibility index (Phi) is 31.1. The highest BCUT2D eigenvalue weighted by atomic mass is 16.6. The van der Waals surface area contributed by atoms with E-state index in [1.54, 1.807) is 135 Å². The van der Waals surface area contributed by atoms with Crippen LogP contribution < -0.4 is 0 Å². The monoisotopic (exact) mass is 1360 g/mol. The lowest BCUT2D eigenvalue weighted by molar-refractivity contribution is -0.146. The molecule has 3 saturated carbocycles. The molecule has 3 aliphatic heterocycles. The molecule has 0 bridgehead atoms. The molecule has 0 amide bonds. The zero-order valence-electron chi connectivity index (χ0n) is 57.0. The Balaban J connectivity index is 0.000000194. The molecule has 0 saturated heterocycles. The predicted molar refractivity (Wildman–Crippen MR) is 376 cm³/mol. The lowest BCUT2D eigenvalue weighted by Crippen LogP contribution is -2.27. The normalized spacial score (nSPS) is 30.1. The predicted octanol–water partition coefficient (Wildman–Crippen LogP) is 12.5. The molecule has 0 unspecified atom stereocenters. The standard InChI is InChI=1S/C32H34N2O6.2C24H29NO5/c1-23-5-3-2-4-6-26-21-27(39-31(36)10-7-24-13-17-33-18-14-24)22-28(26)29(9-12-30(35)38-23)40-32(37)11-8-25-15-19-34-20-16-25;1-17-5-3-2-4-6-19-15-20(16-21(19)22(26)8-10-23(27)29-17)30-24(28)9-7-18-11-13-25-14-12-18;1-17-5-3-2-4-6-19-15-20(26)16-21(19)22(8-10-23(27)29-17)30-24(28)9-7-18-11-13-25-14-12-18/h4,6-20,23,26-29H,2-3,5,21-22H2,1H3;2*4,6-14,17,19-22,26H,2-3,5,15-16H2,1H3/b6-4+,10-7+,11-8+,12-9+;2*6-4+,9-7+,10-8+/t23-,26+,27-,28+,29+;2*17-,19+,20-,21+,22+/m000/s1. The minimum atomic E-state index is -0.806. The van der Waals surface area contributed by atoms with Crippen molar-refractivity contribution in [3.05, 3.63) is 218 Å². The zero-order valence-corrected chi connectivity index (χ0v) is 57.0. The van der Waals surface area contributed by atoms with Gasteiger partial charge in [-0.1, -0.05) is 36.5 Å². The molecule has 20 nitrogen and oxygen atoms in total. The number of allylic oxidation sites excluding steroid dienone is 6. The van der Waals surface area contributed by atoms with Crippen LogP contribution in [-0.4, -0.2) is 127 Å². The van der Waals surface area contributed by atoms with Gasteiger partial charge in [-0.25, -0.2) is 33.6 Å². The average Bonchev–Trinajstić information content (AvgIpc) is 1.71. The van der Waals surface area contributed by atoms with Crippen LogP contribution in [0.4, 0.5) is 0 Å². The van der Waals surface area contributed by atoms with Crippen LogP contribution in [0.2, 0.25) is 0 Å². The fraction of sp³-hybridized carbons (Fsp3) is 0.412. The molecule has 2 N–H and O–H groups in total. The summed E-state index contributed by atoms with van der Waals surface area (Å²) < 4.78 is 39.2. The summed E-state index contributed by atoms with van der Waals surface area (Å²) in [5, 5.41) is 20.9. The lowest BCUT2D eigenvalue weighted by Gasteiger charge is -2.24. The summed E-state index contributed by atoms with van der Waals surface area (Å²) in [5.74, 6) is -3.51. The van der Waals surface area contributed by atoms with Crippen molar-refractivity contribution in [1.29, 1.82) is 0 Å². The number of fused-ring (bicyclic) bond motifs is 3. The number of esters is 7. The number of nitrogens with zero attached hydrogens (tertiary/aromatic N) is 4. The second-order valence-electron chi connectivity index (χ2n) is 25.8. The highest BCUT2D eigenvalue weighted by molar-refractivity contribution is 5.89. The quantitative estimate of drug-likeness (QED) is 0.0577. The minimum absolute atomic E-state index is 0.0113. The number of hydrogen-bond donors (Lipinski definition) is 2. The third kappa shape index (κ3) is 27.1. The van der Waals surface area contributed by atoms with Crippen LogP contribution in [0.1, 0.15) is 139 Å². The van der Waals surface area contributed by atoms with Crippen LogP contribution in [0.3, 0.4) is 0 Å². The Morgan fingerprint density at radius 2 is 0.710 bits per heavy atom. The molecule has 10 rings (SSSR count). The summed E-state index contributed by atoms with van der Waals surface area (Å²) in [5.41, 5.74) is 3.36. The Morgan fingerprint density at radius 1 is 0.400 bits per heavy atom. The fourth-order valence-electron chi connectivity index (χ4n) is 13.0. The largest absolute Gasteiger partial charge is 0.460 e.